The molecule has 3 rings (SSSR count). The van der Waals surface area contributed by atoms with Crippen LogP contribution in [0, 0.1) is 0 Å². The smallest absolute Gasteiger partial charge is 0.283 e. The van der Waals surface area contributed by atoms with E-state index in [2.05, 4.69) is 9.97 Å². The lowest BCUT2D eigenvalue weighted by Crippen LogP contribution is -2.44. The van der Waals surface area contributed by atoms with E-state index in [1.807, 2.05) is 0 Å². The molecule has 0 bridgehead atoms. The number of fused-ring (bicyclic) bond motifs is 1. The highest BCUT2D eigenvalue weighted by Crippen LogP contribution is 2.43. The van der Waals surface area contributed by atoms with Gasteiger partial charge >= 0.3 is 0 Å². The number of ether oxygens (including phenoxy) is 2. The zero-order chi connectivity index (χ0) is 15.2. The van der Waals surface area contributed by atoms with Crippen LogP contribution in [0.1, 0.15) is 6.23 Å². The highest BCUT2D eigenvalue weighted by atomic mass is 19.2. The molecule has 114 valence electrons. The molecule has 1 aliphatic heterocycles. The van der Waals surface area contributed by atoms with Crippen molar-refractivity contribution >= 4 is 16.9 Å². The predicted molar refractivity (Wildman–Crippen MR) is 69.8 cm³/mol. The Morgan fingerprint density at radius 2 is 2.33 bits per heavy atom. The van der Waals surface area contributed by atoms with Crippen LogP contribution in [0.15, 0.2) is 18.6 Å². The predicted octanol–water partition coefficient (Wildman–Crippen LogP) is -0.424. The third-order valence-corrected chi connectivity index (χ3v) is 3.68. The quantitative estimate of drug-likeness (QED) is 0.704. The van der Waals surface area contributed by atoms with Crippen LogP contribution in [-0.4, -0.2) is 56.5 Å². The number of hydrogen-bond donors (Lipinski definition) is 3. The summed E-state index contributed by atoms with van der Waals surface area (Å²) in [6.07, 6.45) is -1.28. The number of nitrogens with zero attached hydrogens (tertiary/aromatic N) is 3. The molecule has 8 nitrogen and oxygen atoms in total. The van der Waals surface area contributed by atoms with Crippen molar-refractivity contribution in [2.45, 2.75) is 24.3 Å². The maximum atomic E-state index is 14.9. The summed E-state index contributed by atoms with van der Waals surface area (Å²) >= 11 is 0. The number of nitrogens with two attached hydrogens (primary N) is 1. The highest BCUT2D eigenvalue weighted by molar-refractivity contribution is 5.86. The summed E-state index contributed by atoms with van der Waals surface area (Å²) < 4.78 is 26.5. The number of anilines is 1. The van der Waals surface area contributed by atoms with Crippen molar-refractivity contribution in [2.75, 3.05) is 19.5 Å². The van der Waals surface area contributed by atoms with Gasteiger partial charge in [-0.15, -0.1) is 0 Å². The molecule has 0 spiro atoms. The molecule has 0 amide bonds. The van der Waals surface area contributed by atoms with Crippen molar-refractivity contribution in [1.82, 2.24) is 14.5 Å². The van der Waals surface area contributed by atoms with E-state index in [1.165, 1.54) is 17.1 Å². The van der Waals surface area contributed by atoms with Gasteiger partial charge in [0.1, 0.15) is 30.0 Å². The first-order chi connectivity index (χ1) is 10.0. The number of methoxy groups -OCH3 is 1. The second kappa shape index (κ2) is 4.88. The summed E-state index contributed by atoms with van der Waals surface area (Å²) in [7, 11) is 1.12. The first-order valence-corrected chi connectivity index (χ1v) is 6.28. The number of aliphatic hydroxyl groups is 2. The van der Waals surface area contributed by atoms with Crippen molar-refractivity contribution in [2.24, 2.45) is 0 Å². The van der Waals surface area contributed by atoms with Gasteiger partial charge in [-0.1, -0.05) is 0 Å². The molecule has 1 fully saturated rings. The Bertz CT molecular complexity index is 666. The van der Waals surface area contributed by atoms with E-state index in [1.54, 1.807) is 6.07 Å². The summed E-state index contributed by atoms with van der Waals surface area (Å²) in [5, 5.41) is 19.7. The molecular weight excluding hydrogens is 283 g/mol. The molecule has 0 aliphatic carbocycles. The second-order valence-corrected chi connectivity index (χ2v) is 4.78. The molecule has 0 unspecified atom stereocenters. The van der Waals surface area contributed by atoms with Gasteiger partial charge in [0.05, 0.1) is 12.0 Å². The van der Waals surface area contributed by atoms with Gasteiger partial charge in [0.15, 0.2) is 6.23 Å². The molecule has 1 aliphatic rings. The Labute approximate surface area is 118 Å². The van der Waals surface area contributed by atoms with Gasteiger partial charge in [0.25, 0.3) is 5.85 Å². The van der Waals surface area contributed by atoms with E-state index < -0.39 is 30.9 Å². The first kappa shape index (κ1) is 14.1. The van der Waals surface area contributed by atoms with Crippen molar-refractivity contribution in [3.63, 3.8) is 0 Å². The summed E-state index contributed by atoms with van der Waals surface area (Å²) in [4.78, 5) is 7.90. The standard InChI is InChI=1S/C12H15FN4O4/c1-20-12(13)8(19)7(4-18)21-11(12)17-3-2-6-9(14)15-5-16-10(6)17/h2-3,5,7-8,11,18-19H,4H2,1H3,(H2,14,15,16)/t7-,8-,11-,12+/m1/s1. The molecule has 4 N–H and O–H groups in total. The van der Waals surface area contributed by atoms with Gasteiger partial charge in [-0.3, -0.25) is 0 Å². The van der Waals surface area contributed by atoms with Gasteiger partial charge in [-0.25, -0.2) is 14.4 Å². The fourth-order valence-electron chi connectivity index (χ4n) is 2.53. The number of aliphatic hydroxyl groups excluding tert-OH is 2. The van der Waals surface area contributed by atoms with Gasteiger partial charge in [-0.05, 0) is 6.07 Å². The minimum atomic E-state index is -2.51. The Balaban J connectivity index is 2.11. The van der Waals surface area contributed by atoms with Crippen LogP contribution in [0.5, 0.6) is 0 Å². The lowest BCUT2D eigenvalue weighted by Gasteiger charge is -2.27. The third kappa shape index (κ3) is 1.89. The number of aromatic nitrogens is 3. The van der Waals surface area contributed by atoms with Crippen LogP contribution in [0.3, 0.4) is 0 Å². The Morgan fingerprint density at radius 1 is 1.57 bits per heavy atom. The molecule has 0 aromatic carbocycles. The van der Waals surface area contributed by atoms with Gasteiger partial charge < -0.3 is 30.0 Å². The topological polar surface area (TPSA) is 116 Å². The van der Waals surface area contributed by atoms with E-state index in [0.717, 1.165) is 7.11 Å². The minimum Gasteiger partial charge on any atom is -0.394 e. The number of halogens is 1. The lowest BCUT2D eigenvalue weighted by molar-refractivity contribution is -0.214. The third-order valence-electron chi connectivity index (χ3n) is 3.68. The molecule has 2 aromatic heterocycles. The van der Waals surface area contributed by atoms with Crippen LogP contribution in [0.25, 0.3) is 11.0 Å². The zero-order valence-electron chi connectivity index (χ0n) is 11.2. The van der Waals surface area contributed by atoms with Crippen LogP contribution in [0.4, 0.5) is 10.2 Å². The Morgan fingerprint density at radius 3 is 3.00 bits per heavy atom. The van der Waals surface area contributed by atoms with E-state index >= 15 is 0 Å². The first-order valence-electron chi connectivity index (χ1n) is 6.28. The molecule has 1 saturated heterocycles. The maximum absolute atomic E-state index is 14.9. The van der Waals surface area contributed by atoms with Crippen LogP contribution < -0.4 is 5.73 Å². The van der Waals surface area contributed by atoms with E-state index in [4.69, 9.17) is 15.2 Å². The maximum Gasteiger partial charge on any atom is 0.283 e. The fourth-order valence-corrected chi connectivity index (χ4v) is 2.53. The Kier molecular flexibility index (Phi) is 3.29. The molecule has 21 heavy (non-hydrogen) atoms. The molecule has 4 atom stereocenters. The largest absolute Gasteiger partial charge is 0.394 e. The van der Waals surface area contributed by atoms with E-state index in [9.17, 15) is 14.6 Å². The van der Waals surface area contributed by atoms with Crippen molar-refractivity contribution < 1.29 is 24.1 Å². The van der Waals surface area contributed by atoms with Crippen LogP contribution in [0.2, 0.25) is 0 Å². The number of rotatable bonds is 3. The normalized spacial score (nSPS) is 32.9. The van der Waals surface area contributed by atoms with Crippen molar-refractivity contribution in [3.8, 4) is 0 Å². The monoisotopic (exact) mass is 298 g/mol. The van der Waals surface area contributed by atoms with Gasteiger partial charge in [-0.2, -0.15) is 0 Å². The molecule has 0 radical (unpaired) electrons. The van der Waals surface area contributed by atoms with Gasteiger partial charge in [0.2, 0.25) is 0 Å². The van der Waals surface area contributed by atoms with Gasteiger partial charge in [0, 0.05) is 13.3 Å². The molecule has 2 aromatic rings. The SMILES string of the molecule is CO[C@@]1(F)[C@H](O)[C@@H](CO)O[C@H]1n1ccc2c(N)ncnc21. The minimum absolute atomic E-state index is 0.248. The number of nitrogen functional groups attached to an aromatic ring is 1. The van der Waals surface area contributed by atoms with Crippen molar-refractivity contribution in [1.29, 1.82) is 0 Å². The van der Waals surface area contributed by atoms with E-state index in [0.29, 0.717) is 11.0 Å². The number of alkyl halides is 1. The van der Waals surface area contributed by atoms with Crippen LogP contribution >= 0.6 is 0 Å². The average Bonchev–Trinajstić information content (AvgIpc) is 3.01. The lowest BCUT2D eigenvalue weighted by atomic mass is 10.1. The van der Waals surface area contributed by atoms with Crippen molar-refractivity contribution in [3.05, 3.63) is 18.6 Å². The Hall–Kier alpha value is -1.81. The average molecular weight is 298 g/mol. The number of hydrogen-bond acceptors (Lipinski definition) is 7. The second-order valence-electron chi connectivity index (χ2n) is 4.78. The highest BCUT2D eigenvalue weighted by Gasteiger charge is 2.59. The molecule has 0 saturated carbocycles. The summed E-state index contributed by atoms with van der Waals surface area (Å²) in [5.41, 5.74) is 6.07. The summed E-state index contributed by atoms with van der Waals surface area (Å²) in [6.45, 7) is -0.539. The molecule has 9 heteroatoms. The fraction of sp³-hybridized carbons (Fsp3) is 0.500. The summed E-state index contributed by atoms with van der Waals surface area (Å²) in [5.74, 6) is -2.27. The summed E-state index contributed by atoms with van der Waals surface area (Å²) in [6, 6.07) is 1.61. The molecular formula is C12H15FN4O4. The molecule has 3 heterocycles. The van der Waals surface area contributed by atoms with Crippen LogP contribution in [-0.2, 0) is 9.47 Å². The zero-order valence-corrected chi connectivity index (χ0v) is 11.2. The van der Waals surface area contributed by atoms with E-state index in [-0.39, 0.29) is 5.82 Å².